The van der Waals surface area contributed by atoms with Crippen molar-refractivity contribution in [2.75, 3.05) is 6.61 Å². The third-order valence-corrected chi connectivity index (χ3v) is 3.37. The van der Waals surface area contributed by atoms with Crippen molar-refractivity contribution in [3.8, 4) is 5.75 Å². The molecule has 0 aliphatic rings. The number of nitrogens with one attached hydrogen (secondary N) is 1. The average Bonchev–Trinajstić information content (AvgIpc) is 2.92. The van der Waals surface area contributed by atoms with E-state index in [4.69, 9.17) is 22.2 Å². The fourth-order valence-corrected chi connectivity index (χ4v) is 2.13. The molecule has 0 saturated carbocycles. The van der Waals surface area contributed by atoms with E-state index in [2.05, 4.69) is 24.4 Å². The summed E-state index contributed by atoms with van der Waals surface area (Å²) in [5.74, 6) is 6.32. The second-order valence-corrected chi connectivity index (χ2v) is 5.65. The molecule has 3 N–H and O–H groups in total. The monoisotopic (exact) mass is 308 g/mol. The Bertz CT molecular complexity index is 570. The number of nitrogens with two attached hydrogens (primary N) is 1. The number of halogens is 1. The first-order valence-electron chi connectivity index (χ1n) is 6.97. The summed E-state index contributed by atoms with van der Waals surface area (Å²) in [6.07, 6.45) is 2.68. The van der Waals surface area contributed by atoms with Crippen LogP contribution >= 0.6 is 11.6 Å². The fourth-order valence-electron chi connectivity index (χ4n) is 1.95. The highest BCUT2D eigenvalue weighted by Crippen LogP contribution is 2.17. The summed E-state index contributed by atoms with van der Waals surface area (Å²) in [5.41, 5.74) is 3.75. The van der Waals surface area contributed by atoms with E-state index >= 15 is 0 Å². The van der Waals surface area contributed by atoms with Crippen molar-refractivity contribution in [3.05, 3.63) is 47.2 Å². The molecule has 114 valence electrons. The highest BCUT2D eigenvalue weighted by Gasteiger charge is 2.12. The molecule has 2 rings (SSSR count). The molecule has 21 heavy (non-hydrogen) atoms. The maximum atomic E-state index is 5.92. The van der Waals surface area contributed by atoms with Crippen molar-refractivity contribution in [2.24, 2.45) is 5.84 Å². The Hall–Kier alpha value is -1.56. The van der Waals surface area contributed by atoms with Crippen LogP contribution in [0.15, 0.2) is 36.5 Å². The molecule has 1 aromatic carbocycles. The van der Waals surface area contributed by atoms with E-state index in [0.717, 1.165) is 11.4 Å². The lowest BCUT2D eigenvalue weighted by molar-refractivity contribution is 0.263. The predicted octanol–water partition coefficient (Wildman–Crippen LogP) is 2.57. The van der Waals surface area contributed by atoms with Crippen molar-refractivity contribution >= 4 is 11.6 Å². The molecule has 1 aromatic heterocycles. The number of hydrogen-bond donors (Lipinski definition) is 2. The second-order valence-electron chi connectivity index (χ2n) is 5.22. The first-order valence-corrected chi connectivity index (χ1v) is 7.35. The summed E-state index contributed by atoms with van der Waals surface area (Å²) < 4.78 is 7.64. The van der Waals surface area contributed by atoms with Crippen molar-refractivity contribution in [1.82, 2.24) is 15.2 Å². The van der Waals surface area contributed by atoms with Crippen molar-refractivity contribution < 1.29 is 4.74 Å². The largest absolute Gasteiger partial charge is 0.492 e. The topological polar surface area (TPSA) is 65.1 Å². The average molecular weight is 309 g/mol. The fraction of sp³-hybridized carbons (Fsp3) is 0.400. The van der Waals surface area contributed by atoms with E-state index in [9.17, 15) is 0 Å². The maximum Gasteiger partial charge on any atom is 0.120 e. The minimum Gasteiger partial charge on any atom is -0.492 e. The van der Waals surface area contributed by atoms with Crippen LogP contribution in [0.3, 0.4) is 0 Å². The Kier molecular flexibility index (Phi) is 5.61. The highest BCUT2D eigenvalue weighted by atomic mass is 35.5. The van der Waals surface area contributed by atoms with E-state index in [0.29, 0.717) is 24.1 Å². The van der Waals surface area contributed by atoms with Crippen molar-refractivity contribution in [1.29, 1.82) is 0 Å². The zero-order chi connectivity index (χ0) is 15.2. The lowest BCUT2D eigenvalue weighted by Gasteiger charge is -2.16. The van der Waals surface area contributed by atoms with Crippen LogP contribution in [0.5, 0.6) is 5.75 Å². The van der Waals surface area contributed by atoms with E-state index < -0.39 is 0 Å². The molecule has 5 nitrogen and oxygen atoms in total. The lowest BCUT2D eigenvalue weighted by Crippen LogP contribution is -2.41. The van der Waals surface area contributed by atoms with Crippen LogP contribution < -0.4 is 16.0 Å². The van der Waals surface area contributed by atoms with Gasteiger partial charge in [-0.1, -0.05) is 17.7 Å². The summed E-state index contributed by atoms with van der Waals surface area (Å²) in [4.78, 5) is 0. The molecule has 0 amide bonds. The second kappa shape index (κ2) is 7.45. The molecule has 0 radical (unpaired) electrons. The van der Waals surface area contributed by atoms with Crippen LogP contribution in [0.2, 0.25) is 5.02 Å². The van der Waals surface area contributed by atoms with Gasteiger partial charge in [-0.05, 0) is 38.1 Å². The summed E-state index contributed by atoms with van der Waals surface area (Å²) in [6, 6.07) is 9.66. The van der Waals surface area contributed by atoms with Crippen LogP contribution in [-0.4, -0.2) is 22.4 Å². The quantitative estimate of drug-likeness (QED) is 0.609. The third-order valence-electron chi connectivity index (χ3n) is 3.13. The molecule has 0 aliphatic heterocycles. The molecule has 0 aliphatic carbocycles. The van der Waals surface area contributed by atoms with Gasteiger partial charge in [0.2, 0.25) is 0 Å². The van der Waals surface area contributed by atoms with Gasteiger partial charge in [-0.25, -0.2) is 0 Å². The zero-order valence-electron chi connectivity index (χ0n) is 12.3. The van der Waals surface area contributed by atoms with Gasteiger partial charge in [0, 0.05) is 23.7 Å². The van der Waals surface area contributed by atoms with Crippen LogP contribution in [-0.2, 0) is 6.42 Å². The van der Waals surface area contributed by atoms with Crippen LogP contribution in [0, 0.1) is 0 Å². The Morgan fingerprint density at radius 1 is 1.38 bits per heavy atom. The van der Waals surface area contributed by atoms with Crippen molar-refractivity contribution in [2.45, 2.75) is 32.4 Å². The maximum absolute atomic E-state index is 5.92. The van der Waals surface area contributed by atoms with E-state index in [1.54, 1.807) is 6.07 Å². The van der Waals surface area contributed by atoms with Gasteiger partial charge in [0.25, 0.3) is 0 Å². The minimum absolute atomic E-state index is 0.0144. The first-order chi connectivity index (χ1) is 10.1. The highest BCUT2D eigenvalue weighted by molar-refractivity contribution is 6.30. The zero-order valence-corrected chi connectivity index (χ0v) is 13.0. The number of rotatable bonds is 7. The SMILES string of the molecule is CC(C)n1ccc(CC(COc2cccc(Cl)c2)NN)n1. The van der Waals surface area contributed by atoms with Gasteiger partial charge in [-0.2, -0.15) is 5.10 Å². The van der Waals surface area contributed by atoms with Gasteiger partial charge < -0.3 is 4.74 Å². The molecular formula is C15H21ClN4O. The number of ether oxygens (including phenoxy) is 1. The van der Waals surface area contributed by atoms with E-state index in [-0.39, 0.29) is 6.04 Å². The molecule has 1 unspecified atom stereocenters. The predicted molar refractivity (Wildman–Crippen MR) is 84.4 cm³/mol. The summed E-state index contributed by atoms with van der Waals surface area (Å²) in [7, 11) is 0. The summed E-state index contributed by atoms with van der Waals surface area (Å²) in [6.45, 7) is 4.64. The van der Waals surface area contributed by atoms with Gasteiger partial charge in [-0.15, -0.1) is 0 Å². The minimum atomic E-state index is -0.0144. The smallest absolute Gasteiger partial charge is 0.120 e. The van der Waals surface area contributed by atoms with Gasteiger partial charge in [0.15, 0.2) is 0 Å². The van der Waals surface area contributed by atoms with Crippen LogP contribution in [0.1, 0.15) is 25.6 Å². The Balaban J connectivity index is 1.90. The molecule has 1 heterocycles. The van der Waals surface area contributed by atoms with Gasteiger partial charge in [0.1, 0.15) is 12.4 Å². The summed E-state index contributed by atoms with van der Waals surface area (Å²) >= 11 is 5.92. The number of hydrazine groups is 1. The van der Waals surface area contributed by atoms with Crippen molar-refractivity contribution in [3.63, 3.8) is 0 Å². The number of hydrogen-bond acceptors (Lipinski definition) is 4. The number of benzene rings is 1. The molecular weight excluding hydrogens is 288 g/mol. The molecule has 1 atom stereocenters. The molecule has 0 bridgehead atoms. The molecule has 6 heteroatoms. The normalized spacial score (nSPS) is 12.6. The van der Waals surface area contributed by atoms with Crippen LogP contribution in [0.4, 0.5) is 0 Å². The van der Waals surface area contributed by atoms with E-state index in [1.165, 1.54) is 0 Å². The first kappa shape index (κ1) is 15.8. The number of aromatic nitrogens is 2. The summed E-state index contributed by atoms with van der Waals surface area (Å²) in [5, 5.41) is 5.16. The Morgan fingerprint density at radius 3 is 2.81 bits per heavy atom. The third kappa shape index (κ3) is 4.74. The lowest BCUT2D eigenvalue weighted by atomic mass is 10.2. The Labute approximate surface area is 130 Å². The van der Waals surface area contributed by atoms with Gasteiger partial charge >= 0.3 is 0 Å². The van der Waals surface area contributed by atoms with E-state index in [1.807, 2.05) is 35.1 Å². The molecule has 2 aromatic rings. The molecule has 0 spiro atoms. The van der Waals surface area contributed by atoms with Gasteiger partial charge in [0.05, 0.1) is 11.7 Å². The molecule has 0 saturated heterocycles. The van der Waals surface area contributed by atoms with Gasteiger partial charge in [-0.3, -0.25) is 16.0 Å². The standard InChI is InChI=1S/C15H21ClN4O/c1-11(2)20-7-6-13(19-20)9-14(18-17)10-21-15-5-3-4-12(16)8-15/h3-8,11,14,18H,9-10,17H2,1-2H3. The van der Waals surface area contributed by atoms with Crippen LogP contribution in [0.25, 0.3) is 0 Å². The number of nitrogens with zero attached hydrogens (tertiary/aromatic N) is 2. The molecule has 0 fully saturated rings. The Morgan fingerprint density at radius 2 is 2.19 bits per heavy atom.